The third-order valence-electron chi connectivity index (χ3n) is 4.31. The summed E-state index contributed by atoms with van der Waals surface area (Å²) < 4.78 is 5.26. The number of carbonyl (C=O) groups excluding carboxylic acids is 1. The number of amides is 1. The Morgan fingerprint density at radius 3 is 2.84 bits per heavy atom. The summed E-state index contributed by atoms with van der Waals surface area (Å²) in [4.78, 5) is 12.2. The first-order chi connectivity index (χ1) is 9.19. The van der Waals surface area contributed by atoms with Crippen LogP contribution in [0, 0.1) is 0 Å². The fourth-order valence-electron chi connectivity index (χ4n) is 2.90. The van der Waals surface area contributed by atoms with Crippen molar-refractivity contribution in [2.24, 2.45) is 5.73 Å². The molecule has 1 unspecified atom stereocenters. The van der Waals surface area contributed by atoms with Crippen LogP contribution in [0.1, 0.15) is 29.9 Å². The number of carbonyl (C=O) groups is 1. The topological polar surface area (TPSA) is 64.4 Å². The molecule has 1 aliphatic carbocycles. The molecule has 1 aromatic rings. The molecule has 4 heteroatoms. The summed E-state index contributed by atoms with van der Waals surface area (Å²) >= 11 is 0. The van der Waals surface area contributed by atoms with Crippen molar-refractivity contribution in [1.82, 2.24) is 5.32 Å². The summed E-state index contributed by atoms with van der Waals surface area (Å²) in [6.45, 7) is 1.85. The van der Waals surface area contributed by atoms with Gasteiger partial charge in [-0.15, -0.1) is 0 Å². The van der Waals surface area contributed by atoms with E-state index < -0.39 is 5.54 Å². The normalized spacial score (nSPS) is 24.2. The molecule has 102 valence electrons. The lowest BCUT2D eigenvalue weighted by molar-refractivity contribution is -0.129. The van der Waals surface area contributed by atoms with E-state index in [4.69, 9.17) is 10.5 Å². The number of benzene rings is 1. The lowest BCUT2D eigenvalue weighted by Crippen LogP contribution is -2.57. The number of hydrogen-bond donors (Lipinski definition) is 2. The van der Waals surface area contributed by atoms with E-state index in [-0.39, 0.29) is 5.91 Å². The zero-order valence-corrected chi connectivity index (χ0v) is 11.0. The van der Waals surface area contributed by atoms with Crippen LogP contribution in [0.25, 0.3) is 0 Å². The Balaban J connectivity index is 1.55. The predicted octanol–water partition coefficient (Wildman–Crippen LogP) is 0.950. The molecule has 0 aromatic heterocycles. The van der Waals surface area contributed by atoms with Crippen LogP contribution in [0.3, 0.4) is 0 Å². The van der Waals surface area contributed by atoms with Gasteiger partial charge in [0.15, 0.2) is 0 Å². The summed E-state index contributed by atoms with van der Waals surface area (Å²) in [5, 5.41) is 3.02. The van der Waals surface area contributed by atoms with E-state index in [1.165, 1.54) is 11.1 Å². The number of fused-ring (bicyclic) bond motifs is 1. The molecule has 3 rings (SSSR count). The molecule has 4 nitrogen and oxygen atoms in total. The number of hydrogen-bond acceptors (Lipinski definition) is 3. The molecule has 0 radical (unpaired) electrons. The van der Waals surface area contributed by atoms with E-state index in [0.29, 0.717) is 38.5 Å². The molecular weight excluding hydrogens is 240 g/mol. The van der Waals surface area contributed by atoms with E-state index >= 15 is 0 Å². The van der Waals surface area contributed by atoms with Crippen LogP contribution < -0.4 is 11.1 Å². The standard InChI is InChI=1S/C15H20N2O2/c16-15(5-7-19-8-6-15)14(18)17-10-12-9-11-3-1-2-4-13(11)12/h1-4,12H,5-10,16H2,(H,17,18). The first-order valence-corrected chi connectivity index (χ1v) is 6.92. The van der Waals surface area contributed by atoms with Crippen molar-refractivity contribution in [1.29, 1.82) is 0 Å². The van der Waals surface area contributed by atoms with Crippen LogP contribution >= 0.6 is 0 Å². The first kappa shape index (κ1) is 12.6. The fraction of sp³-hybridized carbons (Fsp3) is 0.533. The highest BCUT2D eigenvalue weighted by molar-refractivity contribution is 5.86. The summed E-state index contributed by atoms with van der Waals surface area (Å²) in [6.07, 6.45) is 2.28. The maximum Gasteiger partial charge on any atom is 0.240 e. The van der Waals surface area contributed by atoms with Gasteiger partial charge in [0.1, 0.15) is 0 Å². The second-order valence-corrected chi connectivity index (χ2v) is 5.58. The molecule has 1 amide bonds. The Morgan fingerprint density at radius 1 is 1.37 bits per heavy atom. The largest absolute Gasteiger partial charge is 0.381 e. The molecular formula is C15H20N2O2. The molecule has 19 heavy (non-hydrogen) atoms. The smallest absolute Gasteiger partial charge is 0.240 e. The van der Waals surface area contributed by atoms with E-state index in [1.807, 2.05) is 0 Å². The number of rotatable bonds is 3. The van der Waals surface area contributed by atoms with Crippen molar-refractivity contribution in [3.63, 3.8) is 0 Å². The van der Waals surface area contributed by atoms with Gasteiger partial charge in [0, 0.05) is 25.7 Å². The van der Waals surface area contributed by atoms with Gasteiger partial charge >= 0.3 is 0 Å². The van der Waals surface area contributed by atoms with Crippen molar-refractivity contribution >= 4 is 5.91 Å². The van der Waals surface area contributed by atoms with Gasteiger partial charge in [-0.05, 0) is 30.4 Å². The van der Waals surface area contributed by atoms with Gasteiger partial charge in [0.25, 0.3) is 0 Å². The fourth-order valence-corrected chi connectivity index (χ4v) is 2.90. The Kier molecular flexibility index (Phi) is 3.29. The van der Waals surface area contributed by atoms with Crippen LogP contribution in [-0.2, 0) is 16.0 Å². The van der Waals surface area contributed by atoms with Gasteiger partial charge < -0.3 is 15.8 Å². The van der Waals surface area contributed by atoms with Crippen LogP contribution in [0.2, 0.25) is 0 Å². The minimum atomic E-state index is -0.735. The van der Waals surface area contributed by atoms with Crippen LogP contribution in [0.15, 0.2) is 24.3 Å². The Labute approximate surface area is 113 Å². The van der Waals surface area contributed by atoms with Gasteiger partial charge in [-0.3, -0.25) is 4.79 Å². The molecule has 0 bridgehead atoms. The third kappa shape index (κ3) is 2.38. The lowest BCUT2D eigenvalue weighted by Gasteiger charge is -2.34. The molecule has 1 aromatic carbocycles. The molecule has 0 saturated carbocycles. The first-order valence-electron chi connectivity index (χ1n) is 6.92. The van der Waals surface area contributed by atoms with Crippen molar-refractivity contribution in [2.45, 2.75) is 30.7 Å². The van der Waals surface area contributed by atoms with Gasteiger partial charge in [0.2, 0.25) is 5.91 Å². The second-order valence-electron chi connectivity index (χ2n) is 5.58. The molecule has 1 fully saturated rings. The van der Waals surface area contributed by atoms with Gasteiger partial charge in [-0.1, -0.05) is 24.3 Å². The van der Waals surface area contributed by atoms with Gasteiger partial charge in [-0.25, -0.2) is 0 Å². The van der Waals surface area contributed by atoms with Crippen molar-refractivity contribution in [3.05, 3.63) is 35.4 Å². The minimum absolute atomic E-state index is 0.0276. The van der Waals surface area contributed by atoms with Crippen LogP contribution in [-0.4, -0.2) is 31.2 Å². The van der Waals surface area contributed by atoms with Crippen molar-refractivity contribution in [2.75, 3.05) is 19.8 Å². The maximum absolute atomic E-state index is 12.2. The SMILES string of the molecule is NC1(C(=O)NCC2Cc3ccccc32)CCOCC1. The highest BCUT2D eigenvalue weighted by Crippen LogP contribution is 2.34. The third-order valence-corrected chi connectivity index (χ3v) is 4.31. The predicted molar refractivity (Wildman–Crippen MR) is 72.9 cm³/mol. The van der Waals surface area contributed by atoms with E-state index in [1.54, 1.807) is 0 Å². The highest BCUT2D eigenvalue weighted by atomic mass is 16.5. The minimum Gasteiger partial charge on any atom is -0.381 e. The summed E-state index contributed by atoms with van der Waals surface area (Å²) in [7, 11) is 0. The average Bonchev–Trinajstić information content (AvgIpc) is 2.40. The average molecular weight is 260 g/mol. The van der Waals surface area contributed by atoms with Crippen LogP contribution in [0.4, 0.5) is 0 Å². The Morgan fingerprint density at radius 2 is 2.11 bits per heavy atom. The molecule has 1 saturated heterocycles. The molecule has 3 N–H and O–H groups in total. The number of ether oxygens (including phenoxy) is 1. The van der Waals surface area contributed by atoms with Gasteiger partial charge in [0.05, 0.1) is 5.54 Å². The van der Waals surface area contributed by atoms with Crippen LogP contribution in [0.5, 0.6) is 0 Å². The quantitative estimate of drug-likeness (QED) is 0.850. The van der Waals surface area contributed by atoms with E-state index in [2.05, 4.69) is 29.6 Å². The molecule has 1 atom stereocenters. The molecule has 1 heterocycles. The van der Waals surface area contributed by atoms with E-state index in [9.17, 15) is 4.79 Å². The molecule has 2 aliphatic rings. The summed E-state index contributed by atoms with van der Waals surface area (Å²) in [5.74, 6) is 0.420. The zero-order valence-electron chi connectivity index (χ0n) is 11.0. The Bertz CT molecular complexity index is 481. The second kappa shape index (κ2) is 4.94. The monoisotopic (exact) mass is 260 g/mol. The number of nitrogens with one attached hydrogen (secondary N) is 1. The molecule has 0 spiro atoms. The lowest BCUT2D eigenvalue weighted by atomic mass is 9.77. The maximum atomic E-state index is 12.2. The van der Waals surface area contributed by atoms with Gasteiger partial charge in [-0.2, -0.15) is 0 Å². The molecule has 1 aliphatic heterocycles. The zero-order chi connectivity index (χ0) is 13.3. The van der Waals surface area contributed by atoms with Crippen molar-refractivity contribution in [3.8, 4) is 0 Å². The summed E-state index contributed by atoms with van der Waals surface area (Å²) in [5.41, 5.74) is 8.18. The highest BCUT2D eigenvalue weighted by Gasteiger charge is 2.36. The number of nitrogens with two attached hydrogens (primary N) is 1. The van der Waals surface area contributed by atoms with E-state index in [0.717, 1.165) is 6.42 Å². The summed E-state index contributed by atoms with van der Waals surface area (Å²) in [6, 6.07) is 8.40. The van der Waals surface area contributed by atoms with Crippen molar-refractivity contribution < 1.29 is 9.53 Å². The Hall–Kier alpha value is -1.39.